The molecule has 0 bridgehead atoms. The molecular formula is C16H21NO2. The van der Waals surface area contributed by atoms with Gasteiger partial charge in [-0.15, -0.1) is 0 Å². The van der Waals surface area contributed by atoms with Crippen molar-refractivity contribution >= 4 is 11.8 Å². The van der Waals surface area contributed by atoms with Gasteiger partial charge in [0, 0.05) is 18.4 Å². The number of unbranched alkanes of at least 4 members (excludes halogenated alkanes) is 1. The maximum atomic E-state index is 11.9. The zero-order valence-corrected chi connectivity index (χ0v) is 11.6. The van der Waals surface area contributed by atoms with Crippen LogP contribution in [0.3, 0.4) is 0 Å². The van der Waals surface area contributed by atoms with Crippen LogP contribution in [0.2, 0.25) is 0 Å². The SMILES string of the molecule is C[C@@H]1C(=O)N(CCCCc2ccccc2)C(=O)[C@@H]1C. The summed E-state index contributed by atoms with van der Waals surface area (Å²) in [6, 6.07) is 10.3. The second-order valence-electron chi connectivity index (χ2n) is 5.35. The highest BCUT2D eigenvalue weighted by Crippen LogP contribution is 2.25. The highest BCUT2D eigenvalue weighted by Gasteiger charge is 2.41. The number of aryl methyl sites for hydroxylation is 1. The Labute approximate surface area is 114 Å². The first-order chi connectivity index (χ1) is 9.11. The molecule has 1 fully saturated rings. The second-order valence-corrected chi connectivity index (χ2v) is 5.35. The Balaban J connectivity index is 1.77. The lowest BCUT2D eigenvalue weighted by Gasteiger charge is -2.14. The molecule has 0 aromatic heterocycles. The number of hydrogen-bond donors (Lipinski definition) is 0. The molecular weight excluding hydrogens is 238 g/mol. The molecule has 1 aromatic carbocycles. The molecule has 1 heterocycles. The van der Waals surface area contributed by atoms with E-state index in [9.17, 15) is 9.59 Å². The van der Waals surface area contributed by atoms with Crippen molar-refractivity contribution in [3.63, 3.8) is 0 Å². The summed E-state index contributed by atoms with van der Waals surface area (Å²) < 4.78 is 0. The van der Waals surface area contributed by atoms with Gasteiger partial charge in [0.1, 0.15) is 0 Å². The zero-order chi connectivity index (χ0) is 13.8. The molecule has 1 aliphatic rings. The Morgan fingerprint density at radius 2 is 1.53 bits per heavy atom. The van der Waals surface area contributed by atoms with Gasteiger partial charge in [-0.3, -0.25) is 14.5 Å². The van der Waals surface area contributed by atoms with Gasteiger partial charge in [0.05, 0.1) is 0 Å². The lowest BCUT2D eigenvalue weighted by Crippen LogP contribution is -2.31. The molecule has 0 spiro atoms. The number of hydrogen-bond acceptors (Lipinski definition) is 2. The van der Waals surface area contributed by atoms with Crippen molar-refractivity contribution in [3.8, 4) is 0 Å². The van der Waals surface area contributed by atoms with Gasteiger partial charge in [0.25, 0.3) is 0 Å². The van der Waals surface area contributed by atoms with Crippen LogP contribution in [-0.4, -0.2) is 23.3 Å². The summed E-state index contributed by atoms with van der Waals surface area (Å²) in [5, 5.41) is 0. The van der Waals surface area contributed by atoms with Crippen molar-refractivity contribution < 1.29 is 9.59 Å². The standard InChI is InChI=1S/C16H21NO2/c1-12-13(2)16(19)17(15(12)18)11-7-6-10-14-8-4-3-5-9-14/h3-5,8-9,12-13H,6-7,10-11H2,1-2H3/t12-,13+. The van der Waals surface area contributed by atoms with Crippen molar-refractivity contribution in [3.05, 3.63) is 35.9 Å². The topological polar surface area (TPSA) is 37.4 Å². The first kappa shape index (κ1) is 13.8. The van der Waals surface area contributed by atoms with Crippen LogP contribution in [0, 0.1) is 11.8 Å². The van der Waals surface area contributed by atoms with Crippen LogP contribution in [0.25, 0.3) is 0 Å². The summed E-state index contributed by atoms with van der Waals surface area (Å²) in [6.45, 7) is 4.25. The molecule has 3 heteroatoms. The van der Waals surface area contributed by atoms with Crippen LogP contribution < -0.4 is 0 Å². The third-order valence-electron chi connectivity index (χ3n) is 4.00. The fraction of sp³-hybridized carbons (Fsp3) is 0.500. The number of imide groups is 1. The number of rotatable bonds is 5. The first-order valence-electron chi connectivity index (χ1n) is 7.00. The monoisotopic (exact) mass is 259 g/mol. The maximum absolute atomic E-state index is 11.9. The van der Waals surface area contributed by atoms with Gasteiger partial charge in [-0.1, -0.05) is 44.2 Å². The highest BCUT2D eigenvalue weighted by atomic mass is 16.2. The quantitative estimate of drug-likeness (QED) is 0.602. The number of likely N-dealkylation sites (tertiary alicyclic amines) is 1. The Morgan fingerprint density at radius 1 is 0.947 bits per heavy atom. The summed E-state index contributed by atoms with van der Waals surface area (Å²) in [7, 11) is 0. The molecule has 0 N–H and O–H groups in total. The minimum atomic E-state index is -0.151. The van der Waals surface area contributed by atoms with Crippen molar-refractivity contribution in [2.75, 3.05) is 6.54 Å². The van der Waals surface area contributed by atoms with E-state index in [4.69, 9.17) is 0 Å². The predicted molar refractivity (Wildman–Crippen MR) is 74.4 cm³/mol. The average Bonchev–Trinajstić information content (AvgIpc) is 2.62. The van der Waals surface area contributed by atoms with Crippen LogP contribution in [0.1, 0.15) is 32.3 Å². The Bertz CT molecular complexity index is 435. The van der Waals surface area contributed by atoms with Gasteiger partial charge in [-0.2, -0.15) is 0 Å². The fourth-order valence-corrected chi connectivity index (χ4v) is 2.49. The molecule has 0 radical (unpaired) electrons. The normalized spacial score (nSPS) is 23.2. The van der Waals surface area contributed by atoms with Gasteiger partial charge in [-0.05, 0) is 24.8 Å². The third kappa shape index (κ3) is 3.03. The minimum Gasteiger partial charge on any atom is -0.282 e. The zero-order valence-electron chi connectivity index (χ0n) is 11.6. The molecule has 1 saturated heterocycles. The lowest BCUT2D eigenvalue weighted by atomic mass is 10.00. The van der Waals surface area contributed by atoms with Crippen molar-refractivity contribution in [1.82, 2.24) is 4.90 Å². The lowest BCUT2D eigenvalue weighted by molar-refractivity contribution is -0.139. The molecule has 0 unspecified atom stereocenters. The molecule has 3 nitrogen and oxygen atoms in total. The van der Waals surface area contributed by atoms with E-state index < -0.39 is 0 Å². The fourth-order valence-electron chi connectivity index (χ4n) is 2.49. The van der Waals surface area contributed by atoms with Crippen LogP contribution >= 0.6 is 0 Å². The molecule has 102 valence electrons. The van der Waals surface area contributed by atoms with Crippen molar-refractivity contribution in [2.24, 2.45) is 11.8 Å². The van der Waals surface area contributed by atoms with Gasteiger partial charge < -0.3 is 0 Å². The summed E-state index contributed by atoms with van der Waals surface area (Å²) in [4.78, 5) is 25.2. The summed E-state index contributed by atoms with van der Waals surface area (Å²) in [5.74, 6) is -0.308. The molecule has 19 heavy (non-hydrogen) atoms. The Morgan fingerprint density at radius 3 is 2.11 bits per heavy atom. The van der Waals surface area contributed by atoms with E-state index in [0.717, 1.165) is 19.3 Å². The van der Waals surface area contributed by atoms with Gasteiger partial charge >= 0.3 is 0 Å². The highest BCUT2D eigenvalue weighted by molar-refractivity contribution is 6.04. The number of benzene rings is 1. The summed E-state index contributed by atoms with van der Waals surface area (Å²) in [6.07, 6.45) is 2.89. The summed E-state index contributed by atoms with van der Waals surface area (Å²) in [5.41, 5.74) is 1.31. The van der Waals surface area contributed by atoms with Gasteiger partial charge in [-0.25, -0.2) is 0 Å². The summed E-state index contributed by atoms with van der Waals surface area (Å²) >= 11 is 0. The molecule has 1 aliphatic heterocycles. The van der Waals surface area contributed by atoms with Gasteiger partial charge in [0.15, 0.2) is 0 Å². The van der Waals surface area contributed by atoms with E-state index in [-0.39, 0.29) is 23.7 Å². The van der Waals surface area contributed by atoms with E-state index in [2.05, 4.69) is 12.1 Å². The van der Waals surface area contributed by atoms with Crippen molar-refractivity contribution in [2.45, 2.75) is 33.1 Å². The number of carbonyl (C=O) groups is 2. The van der Waals surface area contributed by atoms with Crippen LogP contribution in [0.5, 0.6) is 0 Å². The first-order valence-corrected chi connectivity index (χ1v) is 7.00. The van der Waals surface area contributed by atoms with E-state index in [1.54, 1.807) is 0 Å². The van der Waals surface area contributed by atoms with E-state index in [0.29, 0.717) is 6.54 Å². The largest absolute Gasteiger partial charge is 0.282 e. The Kier molecular flexibility index (Phi) is 4.35. The van der Waals surface area contributed by atoms with E-state index in [1.807, 2.05) is 32.0 Å². The number of amides is 2. The van der Waals surface area contributed by atoms with E-state index >= 15 is 0 Å². The molecule has 2 rings (SSSR count). The number of nitrogens with zero attached hydrogens (tertiary/aromatic N) is 1. The van der Waals surface area contributed by atoms with Crippen LogP contribution in [0.4, 0.5) is 0 Å². The number of carbonyl (C=O) groups excluding carboxylic acids is 2. The molecule has 0 aliphatic carbocycles. The molecule has 2 amide bonds. The minimum absolute atomic E-state index is 0.00258. The van der Waals surface area contributed by atoms with Crippen LogP contribution in [-0.2, 0) is 16.0 Å². The molecule has 0 saturated carbocycles. The Hall–Kier alpha value is -1.64. The molecule has 1 aromatic rings. The maximum Gasteiger partial charge on any atom is 0.232 e. The molecule has 2 atom stereocenters. The van der Waals surface area contributed by atoms with Crippen LogP contribution in [0.15, 0.2) is 30.3 Å². The smallest absolute Gasteiger partial charge is 0.232 e. The van der Waals surface area contributed by atoms with E-state index in [1.165, 1.54) is 10.5 Å². The predicted octanol–water partition coefficient (Wildman–Crippen LogP) is 2.65. The second kappa shape index (κ2) is 6.00. The van der Waals surface area contributed by atoms with Gasteiger partial charge in [0.2, 0.25) is 11.8 Å². The average molecular weight is 259 g/mol. The van der Waals surface area contributed by atoms with Crippen molar-refractivity contribution in [1.29, 1.82) is 0 Å². The third-order valence-corrected chi connectivity index (χ3v) is 4.00.